The quantitative estimate of drug-likeness (QED) is 0.814. The van der Waals surface area contributed by atoms with E-state index in [4.69, 9.17) is 0 Å². The molecule has 0 aliphatic carbocycles. The molecule has 0 aliphatic heterocycles. The lowest BCUT2D eigenvalue weighted by Gasteiger charge is -2.26. The number of aryl methyl sites for hydroxylation is 2. The van der Waals surface area contributed by atoms with Crippen LogP contribution in [0.3, 0.4) is 0 Å². The van der Waals surface area contributed by atoms with Gasteiger partial charge in [0, 0.05) is 6.54 Å². The molecule has 1 rings (SSSR count). The molecule has 0 fully saturated rings. The van der Waals surface area contributed by atoms with E-state index in [1.54, 1.807) is 6.92 Å². The van der Waals surface area contributed by atoms with Crippen molar-refractivity contribution in [1.29, 1.82) is 0 Å². The predicted octanol–water partition coefficient (Wildman–Crippen LogP) is 3.04. The minimum Gasteiger partial charge on any atom is -0.480 e. The van der Waals surface area contributed by atoms with Crippen LogP contribution in [0.15, 0.2) is 18.2 Å². The van der Waals surface area contributed by atoms with Crippen molar-refractivity contribution in [1.82, 2.24) is 5.32 Å². The number of hydrogen-bond donors (Lipinski definition) is 2. The monoisotopic (exact) mass is 249 g/mol. The van der Waals surface area contributed by atoms with Crippen LogP contribution in [0.1, 0.15) is 43.4 Å². The number of hydrogen-bond acceptors (Lipinski definition) is 2. The van der Waals surface area contributed by atoms with Crippen molar-refractivity contribution in [3.05, 3.63) is 34.9 Å². The fraction of sp³-hybridized carbons (Fsp3) is 0.533. The lowest BCUT2D eigenvalue weighted by Crippen LogP contribution is -2.49. The molecule has 1 atom stereocenters. The van der Waals surface area contributed by atoms with Crippen molar-refractivity contribution in [3.63, 3.8) is 0 Å². The van der Waals surface area contributed by atoms with Crippen LogP contribution in [-0.2, 0) is 11.3 Å². The fourth-order valence-corrected chi connectivity index (χ4v) is 2.11. The molecule has 0 spiro atoms. The number of carbonyl (C=O) groups is 1. The Morgan fingerprint density at radius 1 is 1.39 bits per heavy atom. The van der Waals surface area contributed by atoms with Gasteiger partial charge in [-0.25, -0.2) is 0 Å². The summed E-state index contributed by atoms with van der Waals surface area (Å²) in [5.74, 6) is -0.783. The van der Waals surface area contributed by atoms with Crippen molar-refractivity contribution >= 4 is 5.97 Å². The summed E-state index contributed by atoms with van der Waals surface area (Å²) in [6.45, 7) is 8.46. The van der Waals surface area contributed by atoms with Crippen molar-refractivity contribution < 1.29 is 9.90 Å². The molecule has 1 aromatic carbocycles. The minimum absolute atomic E-state index is 0.592. The minimum atomic E-state index is -0.841. The third-order valence-corrected chi connectivity index (χ3v) is 3.39. The van der Waals surface area contributed by atoms with Gasteiger partial charge in [0.25, 0.3) is 0 Å². The average molecular weight is 249 g/mol. The highest BCUT2D eigenvalue weighted by molar-refractivity contribution is 5.78. The molecule has 0 saturated heterocycles. The highest BCUT2D eigenvalue weighted by Crippen LogP contribution is 2.16. The average Bonchev–Trinajstić information content (AvgIpc) is 2.28. The molecule has 1 aromatic rings. The van der Waals surface area contributed by atoms with Crippen LogP contribution in [0, 0.1) is 13.8 Å². The first-order valence-corrected chi connectivity index (χ1v) is 6.43. The van der Waals surface area contributed by atoms with Gasteiger partial charge in [0.2, 0.25) is 0 Å². The van der Waals surface area contributed by atoms with E-state index < -0.39 is 11.5 Å². The SMILES string of the molecule is CCCC(C)(NCc1ccc(C)cc1C)C(=O)O. The summed E-state index contributed by atoms with van der Waals surface area (Å²) in [4.78, 5) is 11.3. The molecule has 0 heterocycles. The zero-order valence-corrected chi connectivity index (χ0v) is 11.7. The Morgan fingerprint density at radius 2 is 2.06 bits per heavy atom. The largest absolute Gasteiger partial charge is 0.480 e. The van der Waals surface area contributed by atoms with E-state index in [0.29, 0.717) is 13.0 Å². The maximum atomic E-state index is 11.3. The van der Waals surface area contributed by atoms with Gasteiger partial charge < -0.3 is 5.11 Å². The summed E-state index contributed by atoms with van der Waals surface area (Å²) in [5, 5.41) is 12.5. The molecule has 0 radical (unpaired) electrons. The van der Waals surface area contributed by atoms with Crippen LogP contribution in [-0.4, -0.2) is 16.6 Å². The molecule has 0 bridgehead atoms. The number of benzene rings is 1. The Bertz CT molecular complexity index is 429. The van der Waals surface area contributed by atoms with E-state index in [1.807, 2.05) is 6.92 Å². The first kappa shape index (κ1) is 14.7. The van der Waals surface area contributed by atoms with Gasteiger partial charge in [-0.1, -0.05) is 37.1 Å². The summed E-state index contributed by atoms with van der Waals surface area (Å²) in [6.07, 6.45) is 1.48. The highest BCUT2D eigenvalue weighted by Gasteiger charge is 2.31. The Balaban J connectivity index is 2.76. The summed E-state index contributed by atoms with van der Waals surface area (Å²) in [6, 6.07) is 6.24. The van der Waals surface area contributed by atoms with Crippen molar-refractivity contribution in [3.8, 4) is 0 Å². The van der Waals surface area contributed by atoms with E-state index in [1.165, 1.54) is 11.1 Å². The van der Waals surface area contributed by atoms with E-state index in [2.05, 4.69) is 37.4 Å². The molecule has 3 heteroatoms. The van der Waals surface area contributed by atoms with Crippen LogP contribution < -0.4 is 5.32 Å². The van der Waals surface area contributed by atoms with Gasteiger partial charge in [0.1, 0.15) is 5.54 Å². The Kier molecular flexibility index (Phi) is 4.91. The molecule has 2 N–H and O–H groups in total. The highest BCUT2D eigenvalue weighted by atomic mass is 16.4. The lowest BCUT2D eigenvalue weighted by atomic mass is 9.95. The Hall–Kier alpha value is -1.35. The summed E-state index contributed by atoms with van der Waals surface area (Å²) < 4.78 is 0. The maximum absolute atomic E-state index is 11.3. The zero-order valence-electron chi connectivity index (χ0n) is 11.7. The number of nitrogens with one attached hydrogen (secondary N) is 1. The lowest BCUT2D eigenvalue weighted by molar-refractivity contribution is -0.144. The molecule has 18 heavy (non-hydrogen) atoms. The van der Waals surface area contributed by atoms with E-state index >= 15 is 0 Å². The number of carboxylic acids is 1. The van der Waals surface area contributed by atoms with Crippen LogP contribution >= 0.6 is 0 Å². The number of aliphatic carboxylic acids is 1. The molecular weight excluding hydrogens is 226 g/mol. The van der Waals surface area contributed by atoms with E-state index in [0.717, 1.165) is 12.0 Å². The summed E-state index contributed by atoms with van der Waals surface area (Å²) >= 11 is 0. The van der Waals surface area contributed by atoms with E-state index in [9.17, 15) is 9.90 Å². The van der Waals surface area contributed by atoms with Crippen LogP contribution in [0.4, 0.5) is 0 Å². The molecule has 0 amide bonds. The van der Waals surface area contributed by atoms with Crippen LogP contribution in [0.5, 0.6) is 0 Å². The second kappa shape index (κ2) is 6.01. The summed E-state index contributed by atoms with van der Waals surface area (Å²) in [5.41, 5.74) is 2.74. The predicted molar refractivity (Wildman–Crippen MR) is 73.7 cm³/mol. The number of rotatable bonds is 6. The molecule has 0 saturated carbocycles. The maximum Gasteiger partial charge on any atom is 0.323 e. The van der Waals surface area contributed by atoms with Crippen molar-refractivity contribution in [2.75, 3.05) is 0 Å². The van der Waals surface area contributed by atoms with Crippen molar-refractivity contribution in [2.45, 2.75) is 52.6 Å². The van der Waals surface area contributed by atoms with Gasteiger partial charge in [-0.3, -0.25) is 10.1 Å². The van der Waals surface area contributed by atoms with Crippen LogP contribution in [0.2, 0.25) is 0 Å². The van der Waals surface area contributed by atoms with Gasteiger partial charge in [0.15, 0.2) is 0 Å². The number of carboxylic acid groups (broad SMARTS) is 1. The Morgan fingerprint density at radius 3 is 2.56 bits per heavy atom. The van der Waals surface area contributed by atoms with Gasteiger partial charge in [-0.15, -0.1) is 0 Å². The smallest absolute Gasteiger partial charge is 0.323 e. The third kappa shape index (κ3) is 3.57. The Labute approximate surface area is 109 Å². The zero-order chi connectivity index (χ0) is 13.8. The standard InChI is InChI=1S/C15H23NO2/c1-5-8-15(4,14(17)18)16-10-13-7-6-11(2)9-12(13)3/h6-7,9,16H,5,8,10H2,1-4H3,(H,17,18). The first-order chi connectivity index (χ1) is 8.39. The first-order valence-electron chi connectivity index (χ1n) is 6.43. The second-order valence-corrected chi connectivity index (χ2v) is 5.17. The van der Waals surface area contributed by atoms with Gasteiger partial charge in [-0.2, -0.15) is 0 Å². The normalized spacial score (nSPS) is 14.2. The topological polar surface area (TPSA) is 49.3 Å². The van der Waals surface area contributed by atoms with Crippen LogP contribution in [0.25, 0.3) is 0 Å². The fourth-order valence-electron chi connectivity index (χ4n) is 2.11. The van der Waals surface area contributed by atoms with Gasteiger partial charge in [0.05, 0.1) is 0 Å². The van der Waals surface area contributed by atoms with Gasteiger partial charge in [-0.05, 0) is 38.3 Å². The molecule has 100 valence electrons. The van der Waals surface area contributed by atoms with Gasteiger partial charge >= 0.3 is 5.97 Å². The molecule has 1 unspecified atom stereocenters. The molecule has 3 nitrogen and oxygen atoms in total. The molecular formula is C15H23NO2. The second-order valence-electron chi connectivity index (χ2n) is 5.17. The third-order valence-electron chi connectivity index (χ3n) is 3.39. The molecule has 0 aliphatic rings. The van der Waals surface area contributed by atoms with Crippen molar-refractivity contribution in [2.24, 2.45) is 0 Å². The molecule has 0 aromatic heterocycles. The summed E-state index contributed by atoms with van der Waals surface area (Å²) in [7, 11) is 0. The van der Waals surface area contributed by atoms with E-state index in [-0.39, 0.29) is 0 Å².